The van der Waals surface area contributed by atoms with E-state index < -0.39 is 6.10 Å². The topological polar surface area (TPSA) is 78.4 Å². The van der Waals surface area contributed by atoms with Crippen molar-refractivity contribution >= 4 is 17.5 Å². The smallest absolute Gasteiger partial charge is 0.251 e. The minimum atomic E-state index is -0.863. The molecule has 0 aliphatic carbocycles. The first-order valence-electron chi connectivity index (χ1n) is 7.93. The molecule has 5 nitrogen and oxygen atoms in total. The van der Waals surface area contributed by atoms with E-state index in [0.29, 0.717) is 23.4 Å². The quantitative estimate of drug-likeness (QED) is 0.764. The maximum atomic E-state index is 12.2. The van der Waals surface area contributed by atoms with Crippen molar-refractivity contribution in [1.82, 2.24) is 5.32 Å². The molecule has 0 heterocycles. The number of carbonyl (C=O) groups is 2. The third-order valence-corrected chi connectivity index (χ3v) is 3.67. The van der Waals surface area contributed by atoms with Crippen LogP contribution in [0, 0.1) is 6.92 Å². The van der Waals surface area contributed by atoms with Crippen molar-refractivity contribution in [3.05, 3.63) is 65.2 Å². The molecular weight excluding hydrogens is 304 g/mol. The van der Waals surface area contributed by atoms with Crippen LogP contribution in [-0.4, -0.2) is 23.5 Å². The molecule has 5 heteroatoms. The number of nitrogens with one attached hydrogen (secondary N) is 2. The van der Waals surface area contributed by atoms with E-state index in [1.807, 2.05) is 32.0 Å². The Morgan fingerprint density at radius 2 is 1.83 bits per heavy atom. The van der Waals surface area contributed by atoms with E-state index >= 15 is 0 Å². The summed E-state index contributed by atoms with van der Waals surface area (Å²) in [5.74, 6) is -0.486. The van der Waals surface area contributed by atoms with Gasteiger partial charge < -0.3 is 15.7 Å². The van der Waals surface area contributed by atoms with Crippen LogP contribution in [0.1, 0.15) is 40.9 Å². The predicted octanol–water partition coefficient (Wildman–Crippen LogP) is 2.81. The van der Waals surface area contributed by atoms with Crippen LogP contribution < -0.4 is 10.6 Å². The predicted molar refractivity (Wildman–Crippen MR) is 93.8 cm³/mol. The molecule has 0 bridgehead atoms. The average Bonchev–Trinajstić information content (AvgIpc) is 2.57. The second kappa shape index (κ2) is 8.26. The summed E-state index contributed by atoms with van der Waals surface area (Å²) < 4.78 is 0. The van der Waals surface area contributed by atoms with E-state index in [1.165, 1.54) is 0 Å². The van der Waals surface area contributed by atoms with Gasteiger partial charge in [0.25, 0.3) is 5.91 Å². The number of benzene rings is 2. The van der Waals surface area contributed by atoms with Crippen LogP contribution in [0.2, 0.25) is 0 Å². The van der Waals surface area contributed by atoms with Crippen molar-refractivity contribution in [2.45, 2.75) is 26.4 Å². The highest BCUT2D eigenvalue weighted by molar-refractivity contribution is 5.97. The van der Waals surface area contributed by atoms with Crippen molar-refractivity contribution in [2.75, 3.05) is 11.9 Å². The molecule has 2 aromatic rings. The summed E-state index contributed by atoms with van der Waals surface area (Å²) in [5, 5.41) is 15.6. The molecule has 0 saturated carbocycles. The minimum Gasteiger partial charge on any atom is -0.388 e. The summed E-state index contributed by atoms with van der Waals surface area (Å²) in [6, 6.07) is 14.2. The molecule has 1 atom stereocenters. The van der Waals surface area contributed by atoms with Crippen LogP contribution in [0.15, 0.2) is 48.5 Å². The normalized spacial score (nSPS) is 11.6. The molecule has 3 N–H and O–H groups in total. The van der Waals surface area contributed by atoms with Crippen molar-refractivity contribution < 1.29 is 14.7 Å². The number of aliphatic hydroxyl groups is 1. The third kappa shape index (κ3) is 4.67. The van der Waals surface area contributed by atoms with Gasteiger partial charge in [-0.15, -0.1) is 0 Å². The molecule has 2 rings (SSSR count). The first-order valence-corrected chi connectivity index (χ1v) is 7.93. The molecule has 0 saturated heterocycles. The van der Waals surface area contributed by atoms with Crippen LogP contribution in [0.4, 0.5) is 5.69 Å². The maximum absolute atomic E-state index is 12.2. The van der Waals surface area contributed by atoms with Crippen molar-refractivity contribution in [3.8, 4) is 0 Å². The Morgan fingerprint density at radius 1 is 1.12 bits per heavy atom. The van der Waals surface area contributed by atoms with E-state index in [2.05, 4.69) is 10.6 Å². The van der Waals surface area contributed by atoms with Gasteiger partial charge in [-0.2, -0.15) is 0 Å². The molecule has 1 unspecified atom stereocenters. The average molecular weight is 326 g/mol. The second-order valence-electron chi connectivity index (χ2n) is 5.57. The van der Waals surface area contributed by atoms with E-state index in [0.717, 1.165) is 5.56 Å². The Morgan fingerprint density at radius 3 is 2.50 bits per heavy atom. The Hall–Kier alpha value is -2.66. The standard InChI is InChI=1S/C19H22N2O3/c1-3-20-19(24)15-10-9-13(2)16(11-15)21-18(23)12-17(22)14-7-5-4-6-8-14/h4-11,17,22H,3,12H2,1-2H3,(H,20,24)(H,21,23). The van der Waals surface area contributed by atoms with Gasteiger partial charge in [0.1, 0.15) is 0 Å². The van der Waals surface area contributed by atoms with Crippen LogP contribution in [0.3, 0.4) is 0 Å². The van der Waals surface area contributed by atoms with Crippen LogP contribution in [0.5, 0.6) is 0 Å². The molecule has 2 aromatic carbocycles. The zero-order valence-corrected chi connectivity index (χ0v) is 13.9. The van der Waals surface area contributed by atoms with Crippen LogP contribution in [0.25, 0.3) is 0 Å². The molecule has 0 aliphatic rings. The monoisotopic (exact) mass is 326 g/mol. The van der Waals surface area contributed by atoms with Gasteiger partial charge in [0.2, 0.25) is 5.91 Å². The third-order valence-electron chi connectivity index (χ3n) is 3.67. The lowest BCUT2D eigenvalue weighted by molar-refractivity contribution is -0.118. The molecule has 126 valence electrons. The number of hydrogen-bond acceptors (Lipinski definition) is 3. The van der Waals surface area contributed by atoms with Crippen molar-refractivity contribution in [3.63, 3.8) is 0 Å². The van der Waals surface area contributed by atoms with E-state index in [4.69, 9.17) is 0 Å². The van der Waals surface area contributed by atoms with Gasteiger partial charge in [-0.05, 0) is 37.1 Å². The van der Waals surface area contributed by atoms with Gasteiger partial charge in [0, 0.05) is 17.8 Å². The van der Waals surface area contributed by atoms with Gasteiger partial charge in [-0.1, -0.05) is 36.4 Å². The first-order chi connectivity index (χ1) is 11.5. The fourth-order valence-corrected chi connectivity index (χ4v) is 2.33. The zero-order chi connectivity index (χ0) is 17.5. The van der Waals surface area contributed by atoms with E-state index in [1.54, 1.807) is 30.3 Å². The summed E-state index contributed by atoms with van der Waals surface area (Å²) in [6.07, 6.45) is -0.910. The Kier molecular flexibility index (Phi) is 6.09. The molecule has 0 fully saturated rings. The lowest BCUT2D eigenvalue weighted by Crippen LogP contribution is -2.23. The van der Waals surface area contributed by atoms with Gasteiger partial charge >= 0.3 is 0 Å². The van der Waals surface area contributed by atoms with E-state index in [9.17, 15) is 14.7 Å². The number of aliphatic hydroxyl groups excluding tert-OH is 1. The molecule has 0 radical (unpaired) electrons. The van der Waals surface area contributed by atoms with E-state index in [-0.39, 0.29) is 18.2 Å². The van der Waals surface area contributed by atoms with Crippen LogP contribution >= 0.6 is 0 Å². The Bertz CT molecular complexity index is 714. The summed E-state index contributed by atoms with van der Waals surface area (Å²) in [5.41, 5.74) is 2.61. The summed E-state index contributed by atoms with van der Waals surface area (Å²) in [4.78, 5) is 24.1. The van der Waals surface area contributed by atoms with Gasteiger partial charge in [-0.3, -0.25) is 9.59 Å². The number of hydrogen-bond donors (Lipinski definition) is 3. The van der Waals surface area contributed by atoms with Crippen molar-refractivity contribution in [2.24, 2.45) is 0 Å². The number of rotatable bonds is 6. The lowest BCUT2D eigenvalue weighted by Gasteiger charge is -2.13. The fourth-order valence-electron chi connectivity index (χ4n) is 2.33. The first kappa shape index (κ1) is 17.7. The fraction of sp³-hybridized carbons (Fsp3) is 0.263. The number of anilines is 1. The summed E-state index contributed by atoms with van der Waals surface area (Å²) in [6.45, 7) is 4.24. The highest BCUT2D eigenvalue weighted by atomic mass is 16.3. The van der Waals surface area contributed by atoms with Gasteiger partial charge in [0.05, 0.1) is 12.5 Å². The molecule has 2 amide bonds. The lowest BCUT2D eigenvalue weighted by atomic mass is 10.1. The highest BCUT2D eigenvalue weighted by Gasteiger charge is 2.14. The van der Waals surface area contributed by atoms with Gasteiger partial charge in [-0.25, -0.2) is 0 Å². The molecule has 24 heavy (non-hydrogen) atoms. The molecule has 0 spiro atoms. The highest BCUT2D eigenvalue weighted by Crippen LogP contribution is 2.20. The van der Waals surface area contributed by atoms with Gasteiger partial charge in [0.15, 0.2) is 0 Å². The SMILES string of the molecule is CCNC(=O)c1ccc(C)c(NC(=O)CC(O)c2ccccc2)c1. The maximum Gasteiger partial charge on any atom is 0.251 e. The molecule has 0 aromatic heterocycles. The van der Waals surface area contributed by atoms with Crippen molar-refractivity contribution in [1.29, 1.82) is 0 Å². The molecular formula is C19H22N2O3. The largest absolute Gasteiger partial charge is 0.388 e. The number of aryl methyl sites for hydroxylation is 1. The Labute approximate surface area is 141 Å². The Balaban J connectivity index is 2.05. The zero-order valence-electron chi connectivity index (χ0n) is 13.9. The summed E-state index contributed by atoms with van der Waals surface area (Å²) >= 11 is 0. The summed E-state index contributed by atoms with van der Waals surface area (Å²) in [7, 11) is 0. The second-order valence-corrected chi connectivity index (χ2v) is 5.57. The minimum absolute atomic E-state index is 0.0468. The van der Waals surface area contributed by atoms with Crippen LogP contribution in [-0.2, 0) is 4.79 Å². The number of amides is 2. The number of carbonyl (C=O) groups excluding carboxylic acids is 2. The molecule has 0 aliphatic heterocycles.